The van der Waals surface area contributed by atoms with Crippen LogP contribution >= 0.6 is 23.2 Å². The Kier molecular flexibility index (Phi) is 7.10. The van der Waals surface area contributed by atoms with Crippen molar-refractivity contribution in [1.82, 2.24) is 5.32 Å². The molecule has 1 aliphatic rings. The molecular weight excluding hydrogens is 547 g/mol. The molecule has 0 aromatic heterocycles. The van der Waals surface area contributed by atoms with Crippen LogP contribution in [0.15, 0.2) is 103 Å². The van der Waals surface area contributed by atoms with Gasteiger partial charge in [0.25, 0.3) is 15.7 Å². The van der Waals surface area contributed by atoms with Gasteiger partial charge in [0.05, 0.1) is 26.1 Å². The number of halogens is 2. The third-order valence-corrected chi connectivity index (χ3v) is 8.04. The minimum atomic E-state index is -4.31. The van der Waals surface area contributed by atoms with Gasteiger partial charge in [0.15, 0.2) is 0 Å². The number of sulfonamides is 2. The number of likely N-dealkylation sites (N-methyl/N-ethyl adjacent to an activating group) is 1. The Morgan fingerprint density at radius 2 is 1.42 bits per heavy atom. The summed E-state index contributed by atoms with van der Waals surface area (Å²) in [6, 6.07) is 17.5. The van der Waals surface area contributed by atoms with E-state index in [9.17, 15) is 21.6 Å². The summed E-state index contributed by atoms with van der Waals surface area (Å²) in [6.07, 6.45) is 1.10. The zero-order valence-electron chi connectivity index (χ0n) is 18.5. The lowest BCUT2D eigenvalue weighted by Gasteiger charge is -2.15. The highest BCUT2D eigenvalue weighted by molar-refractivity contribution is 7.90. The van der Waals surface area contributed by atoms with Crippen LogP contribution in [-0.4, -0.2) is 40.2 Å². The first-order chi connectivity index (χ1) is 17.0. The first kappa shape index (κ1) is 25.7. The van der Waals surface area contributed by atoms with Crippen LogP contribution in [0.1, 0.15) is 5.56 Å². The van der Waals surface area contributed by atoms with Gasteiger partial charge in [0, 0.05) is 24.2 Å². The molecule has 3 aromatic carbocycles. The van der Waals surface area contributed by atoms with E-state index < -0.39 is 26.0 Å². The molecule has 1 aliphatic heterocycles. The Labute approximate surface area is 217 Å². The van der Waals surface area contributed by atoms with Crippen LogP contribution in [0.3, 0.4) is 0 Å². The maximum atomic E-state index is 13.1. The lowest BCUT2D eigenvalue weighted by Crippen LogP contribution is -2.30. The first-order valence-electron chi connectivity index (χ1n) is 10.2. The van der Waals surface area contributed by atoms with E-state index in [1.54, 1.807) is 12.1 Å². The number of carbonyl (C=O) groups is 1. The molecule has 0 spiro atoms. The fourth-order valence-electron chi connectivity index (χ4n) is 3.34. The molecule has 1 N–H and O–H groups in total. The van der Waals surface area contributed by atoms with E-state index in [1.807, 2.05) is 0 Å². The Morgan fingerprint density at radius 3 is 1.97 bits per heavy atom. The summed E-state index contributed by atoms with van der Waals surface area (Å²) in [5.41, 5.74) is -0.530. The summed E-state index contributed by atoms with van der Waals surface area (Å²) < 4.78 is 60.8. The smallest absolute Gasteiger partial charge is 0.336 e. The molecule has 1 heterocycles. The van der Waals surface area contributed by atoms with Gasteiger partial charge in [-0.25, -0.2) is 0 Å². The van der Waals surface area contributed by atoms with Gasteiger partial charge < -0.3 is 5.32 Å². The maximum absolute atomic E-state index is 13.1. The van der Waals surface area contributed by atoms with Gasteiger partial charge in [-0.15, -0.1) is 0 Å². The number of rotatable bonds is 5. The second kappa shape index (κ2) is 9.94. The average Bonchev–Trinajstić information content (AvgIpc) is 2.85. The van der Waals surface area contributed by atoms with Crippen LogP contribution in [0.5, 0.6) is 0 Å². The predicted molar refractivity (Wildman–Crippen MR) is 135 cm³/mol. The van der Waals surface area contributed by atoms with Crippen molar-refractivity contribution in [2.75, 3.05) is 7.05 Å². The van der Waals surface area contributed by atoms with Crippen molar-refractivity contribution in [2.45, 2.75) is 9.79 Å². The molecule has 9 nitrogen and oxygen atoms in total. The summed E-state index contributed by atoms with van der Waals surface area (Å²) in [6.45, 7) is 0. The van der Waals surface area contributed by atoms with Crippen LogP contribution in [0, 0.1) is 0 Å². The Morgan fingerprint density at radius 1 is 0.861 bits per heavy atom. The lowest BCUT2D eigenvalue weighted by molar-refractivity contribution is -0.445. The van der Waals surface area contributed by atoms with E-state index >= 15 is 0 Å². The Balaban J connectivity index is 2.04. The van der Waals surface area contributed by atoms with Crippen molar-refractivity contribution in [2.24, 2.45) is 8.92 Å². The van der Waals surface area contributed by atoms with Gasteiger partial charge in [-0.1, -0.05) is 59.6 Å². The van der Waals surface area contributed by atoms with Crippen LogP contribution < -0.4 is 5.32 Å². The fourth-order valence-corrected chi connectivity index (χ4v) is 5.92. The number of benzene rings is 3. The van der Waals surface area contributed by atoms with Crippen molar-refractivity contribution in [3.63, 3.8) is 0 Å². The Bertz CT molecular complexity index is 1670. The third-order valence-electron chi connectivity index (χ3n) is 4.97. The fraction of sp³-hybridized carbons (Fsp3) is 0.0435. The highest BCUT2D eigenvalue weighted by Gasteiger charge is 2.39. The maximum Gasteiger partial charge on any atom is 0.336 e. The topological polar surface area (TPSA) is 125 Å². The monoisotopic (exact) mass is 563 g/mol. The molecule has 4 rings (SSSR count). The van der Waals surface area contributed by atoms with Crippen LogP contribution in [0.4, 0.5) is 5.69 Å². The second-order valence-corrected chi connectivity index (χ2v) is 11.4. The summed E-state index contributed by atoms with van der Waals surface area (Å²) in [4.78, 5) is 12.6. The largest absolute Gasteiger partial charge is 0.350 e. The van der Waals surface area contributed by atoms with E-state index in [0.717, 1.165) is 10.8 Å². The van der Waals surface area contributed by atoms with Crippen LogP contribution in [-0.2, 0) is 24.8 Å². The van der Waals surface area contributed by atoms with Crippen molar-refractivity contribution < 1.29 is 26.3 Å². The minimum absolute atomic E-state index is 0.0240. The quantitative estimate of drug-likeness (QED) is 0.463. The number of amides is 1. The summed E-state index contributed by atoms with van der Waals surface area (Å²) >= 11 is 12.6. The zero-order chi connectivity index (χ0) is 26.1. The van der Waals surface area contributed by atoms with Gasteiger partial charge in [-0.3, -0.25) is 4.79 Å². The highest BCUT2D eigenvalue weighted by Crippen LogP contribution is 2.38. The number of hydrogen-bond donors (Lipinski definition) is 1. The normalized spacial score (nSPS) is 15.9. The molecule has 0 radical (unpaired) electrons. The number of allylic oxidation sites excluding steroid dienone is 1. The van der Waals surface area contributed by atoms with Crippen molar-refractivity contribution in [1.29, 1.82) is 0 Å². The molecule has 3 aromatic rings. The SMILES string of the molecule is CNC(=O)C1=CC(=NS(=O)(=O)c2ccccc2)c2c(Cl)cc(Cl)cc2[N+]1=NS(=O)(=O)c1ccccc1. The van der Waals surface area contributed by atoms with Gasteiger partial charge in [-0.2, -0.15) is 21.2 Å². The molecule has 184 valence electrons. The van der Waals surface area contributed by atoms with E-state index in [1.165, 1.54) is 67.7 Å². The summed E-state index contributed by atoms with van der Waals surface area (Å²) in [5, 5.41) is 2.46. The van der Waals surface area contributed by atoms with E-state index in [4.69, 9.17) is 23.2 Å². The number of carbonyl (C=O) groups excluding carboxylic acids is 1. The molecule has 0 atom stereocenters. The van der Waals surface area contributed by atoms with Crippen LogP contribution in [0.25, 0.3) is 0 Å². The van der Waals surface area contributed by atoms with E-state index in [2.05, 4.69) is 14.2 Å². The standard InChI is InChI=1S/C23H16Cl2N4O5S2/c1-26-23(30)21-14-19(27-35(31,32)16-8-4-2-5-9-16)22-18(25)12-15(24)13-20(22)29(21)28-36(33,34)17-10-6-3-7-11-17/h2-14H,1H3/p+1. The molecule has 1 amide bonds. The molecule has 13 heteroatoms. The van der Waals surface area contributed by atoms with Gasteiger partial charge in [0.1, 0.15) is 4.52 Å². The summed E-state index contributed by atoms with van der Waals surface area (Å²) in [5.74, 6) is -0.756. The van der Waals surface area contributed by atoms with Gasteiger partial charge in [-0.05, 0) is 35.0 Å². The molecule has 0 saturated heterocycles. The number of nitrogens with zero attached hydrogens (tertiary/aromatic N) is 3. The molecule has 0 unspecified atom stereocenters. The van der Waals surface area contributed by atoms with E-state index in [-0.39, 0.29) is 42.5 Å². The van der Waals surface area contributed by atoms with E-state index in [0.29, 0.717) is 0 Å². The van der Waals surface area contributed by atoms with Crippen molar-refractivity contribution in [3.05, 3.63) is 100 Å². The Hall–Kier alpha value is -3.38. The minimum Gasteiger partial charge on any atom is -0.350 e. The molecule has 0 fully saturated rings. The summed E-state index contributed by atoms with van der Waals surface area (Å²) in [7, 11) is -7.22. The van der Waals surface area contributed by atoms with Crippen molar-refractivity contribution in [3.8, 4) is 0 Å². The van der Waals surface area contributed by atoms with Gasteiger partial charge in [0.2, 0.25) is 0 Å². The molecular formula is C23H17Cl2N4O5S2+. The molecule has 0 bridgehead atoms. The number of hydrogen-bond acceptors (Lipinski definition) is 5. The molecule has 36 heavy (non-hydrogen) atoms. The molecule has 0 saturated carbocycles. The third kappa shape index (κ3) is 5.09. The second-order valence-electron chi connectivity index (χ2n) is 7.34. The lowest BCUT2D eigenvalue weighted by atomic mass is 10.0. The predicted octanol–water partition coefficient (Wildman–Crippen LogP) is 4.30. The number of nitrogens with one attached hydrogen (secondary N) is 1. The highest BCUT2D eigenvalue weighted by atomic mass is 35.5. The zero-order valence-corrected chi connectivity index (χ0v) is 21.6. The van der Waals surface area contributed by atoms with Gasteiger partial charge >= 0.3 is 21.6 Å². The molecule has 0 aliphatic carbocycles. The average molecular weight is 564 g/mol. The van der Waals surface area contributed by atoms with Crippen LogP contribution in [0.2, 0.25) is 10.0 Å². The first-order valence-corrected chi connectivity index (χ1v) is 13.8. The number of fused-ring (bicyclic) bond motifs is 1. The van der Waals surface area contributed by atoms with Crippen molar-refractivity contribution >= 4 is 60.6 Å².